The van der Waals surface area contributed by atoms with Crippen LogP contribution in [0.1, 0.15) is 25.3 Å². The van der Waals surface area contributed by atoms with E-state index in [1.807, 2.05) is 0 Å². The van der Waals surface area contributed by atoms with E-state index in [0.717, 1.165) is 18.2 Å². The average Bonchev–Trinajstić information content (AvgIpc) is 2.37. The Labute approximate surface area is 121 Å². The third-order valence-corrected chi connectivity index (χ3v) is 4.55. The zero-order valence-electron chi connectivity index (χ0n) is 10.7. The predicted molar refractivity (Wildman–Crippen MR) is 71.2 cm³/mol. The number of sulfonamides is 1. The lowest BCUT2D eigenvalue weighted by atomic mass is 10.2. The van der Waals surface area contributed by atoms with E-state index in [0.29, 0.717) is 12.8 Å². The van der Waals surface area contributed by atoms with E-state index in [2.05, 4.69) is 4.72 Å². The summed E-state index contributed by atoms with van der Waals surface area (Å²) < 4.78 is 64.9. The monoisotopic (exact) mass is 329 g/mol. The summed E-state index contributed by atoms with van der Waals surface area (Å²) in [4.78, 5) is -0.763. The van der Waals surface area contributed by atoms with Crippen molar-refractivity contribution in [2.24, 2.45) is 0 Å². The molecule has 114 valence electrons. The van der Waals surface area contributed by atoms with Crippen molar-refractivity contribution >= 4 is 21.6 Å². The van der Waals surface area contributed by atoms with E-state index >= 15 is 0 Å². The standard InChI is InChI=1S/C12H15ClF3NO2S/c1-2-9(7-8-13)17-20(18,19)11-6-4-3-5-10(11)12(14,15)16/h3-6,9,17H,2,7-8H2,1H3. The van der Waals surface area contributed by atoms with E-state index < -0.39 is 32.7 Å². The molecule has 1 rings (SSSR count). The number of alkyl halides is 4. The average molecular weight is 330 g/mol. The van der Waals surface area contributed by atoms with Crippen molar-refractivity contribution in [2.45, 2.75) is 36.9 Å². The highest BCUT2D eigenvalue weighted by atomic mass is 35.5. The Kier molecular flexibility index (Phi) is 5.85. The van der Waals surface area contributed by atoms with Crippen LogP contribution in [0.5, 0.6) is 0 Å². The van der Waals surface area contributed by atoms with E-state index in [-0.39, 0.29) is 5.88 Å². The summed E-state index contributed by atoms with van der Waals surface area (Å²) in [5, 5.41) is 0. The summed E-state index contributed by atoms with van der Waals surface area (Å²) in [5.74, 6) is 0.224. The zero-order chi connectivity index (χ0) is 15.4. The van der Waals surface area contributed by atoms with Crippen molar-refractivity contribution in [1.82, 2.24) is 4.72 Å². The van der Waals surface area contributed by atoms with Crippen LogP contribution >= 0.6 is 11.6 Å². The molecule has 0 heterocycles. The summed E-state index contributed by atoms with van der Waals surface area (Å²) in [6, 6.07) is 3.61. The quantitative estimate of drug-likeness (QED) is 0.813. The Morgan fingerprint density at radius 2 is 1.90 bits per heavy atom. The number of hydrogen-bond donors (Lipinski definition) is 1. The van der Waals surface area contributed by atoms with Gasteiger partial charge in [-0.05, 0) is 25.0 Å². The maximum atomic E-state index is 12.8. The van der Waals surface area contributed by atoms with Crippen LogP contribution in [0.2, 0.25) is 0 Å². The van der Waals surface area contributed by atoms with Gasteiger partial charge < -0.3 is 0 Å². The normalized spacial score (nSPS) is 14.2. The molecule has 0 bridgehead atoms. The molecular formula is C12H15ClF3NO2S. The first-order chi connectivity index (χ1) is 9.22. The first-order valence-corrected chi connectivity index (χ1v) is 7.98. The second-order valence-electron chi connectivity index (χ2n) is 4.20. The van der Waals surface area contributed by atoms with Crippen LogP contribution < -0.4 is 4.72 Å². The maximum absolute atomic E-state index is 12.8. The fourth-order valence-corrected chi connectivity index (χ4v) is 3.54. The van der Waals surface area contributed by atoms with Gasteiger partial charge in [0.05, 0.1) is 10.5 Å². The number of nitrogens with one attached hydrogen (secondary N) is 1. The van der Waals surface area contributed by atoms with Crippen LogP contribution in [-0.4, -0.2) is 20.3 Å². The Hall–Kier alpha value is -0.790. The van der Waals surface area contributed by atoms with Gasteiger partial charge in [-0.1, -0.05) is 19.1 Å². The van der Waals surface area contributed by atoms with Gasteiger partial charge in [0.15, 0.2) is 0 Å². The molecule has 0 fully saturated rings. The maximum Gasteiger partial charge on any atom is 0.417 e. The van der Waals surface area contributed by atoms with Crippen LogP contribution in [0, 0.1) is 0 Å². The molecule has 0 aliphatic rings. The number of hydrogen-bond acceptors (Lipinski definition) is 2. The molecule has 1 aromatic rings. The molecule has 0 spiro atoms. The van der Waals surface area contributed by atoms with Crippen molar-refractivity contribution in [3.63, 3.8) is 0 Å². The smallest absolute Gasteiger partial charge is 0.208 e. The van der Waals surface area contributed by atoms with Gasteiger partial charge in [0, 0.05) is 11.9 Å². The Balaban J connectivity index is 3.16. The third-order valence-electron chi connectivity index (χ3n) is 2.75. The molecule has 0 radical (unpaired) electrons. The Bertz CT molecular complexity index is 546. The predicted octanol–water partition coefficient (Wildman–Crippen LogP) is 3.39. The lowest BCUT2D eigenvalue weighted by Crippen LogP contribution is -2.35. The van der Waals surface area contributed by atoms with Crippen LogP contribution in [-0.2, 0) is 16.2 Å². The molecule has 8 heteroatoms. The molecular weight excluding hydrogens is 315 g/mol. The first-order valence-electron chi connectivity index (χ1n) is 5.97. The zero-order valence-corrected chi connectivity index (χ0v) is 12.3. The molecule has 0 amide bonds. The summed E-state index contributed by atoms with van der Waals surface area (Å²) >= 11 is 5.54. The minimum absolute atomic E-state index is 0.224. The Morgan fingerprint density at radius 3 is 2.40 bits per heavy atom. The largest absolute Gasteiger partial charge is 0.417 e. The number of benzene rings is 1. The van der Waals surface area contributed by atoms with Crippen molar-refractivity contribution < 1.29 is 21.6 Å². The van der Waals surface area contributed by atoms with Gasteiger partial charge >= 0.3 is 6.18 Å². The first kappa shape index (κ1) is 17.3. The fraction of sp³-hybridized carbons (Fsp3) is 0.500. The van der Waals surface area contributed by atoms with Crippen LogP contribution in [0.3, 0.4) is 0 Å². The second kappa shape index (κ2) is 6.78. The second-order valence-corrected chi connectivity index (χ2v) is 6.26. The molecule has 0 aliphatic heterocycles. The molecule has 1 N–H and O–H groups in total. The highest BCUT2D eigenvalue weighted by molar-refractivity contribution is 7.89. The van der Waals surface area contributed by atoms with Gasteiger partial charge in [-0.3, -0.25) is 0 Å². The number of halogens is 4. The molecule has 0 saturated heterocycles. The lowest BCUT2D eigenvalue weighted by Gasteiger charge is -2.18. The summed E-state index contributed by atoms with van der Waals surface area (Å²) in [6.07, 6.45) is -3.93. The van der Waals surface area contributed by atoms with Crippen LogP contribution in [0.4, 0.5) is 13.2 Å². The third kappa shape index (κ3) is 4.36. The van der Waals surface area contributed by atoms with Gasteiger partial charge in [0.2, 0.25) is 10.0 Å². The lowest BCUT2D eigenvalue weighted by molar-refractivity contribution is -0.139. The van der Waals surface area contributed by atoms with Gasteiger partial charge in [0.25, 0.3) is 0 Å². The van der Waals surface area contributed by atoms with Crippen LogP contribution in [0.15, 0.2) is 29.2 Å². The van der Waals surface area contributed by atoms with Crippen molar-refractivity contribution in [3.05, 3.63) is 29.8 Å². The van der Waals surface area contributed by atoms with Crippen molar-refractivity contribution in [3.8, 4) is 0 Å². The van der Waals surface area contributed by atoms with Gasteiger partial charge in [-0.15, -0.1) is 11.6 Å². The number of rotatable bonds is 6. The molecule has 3 nitrogen and oxygen atoms in total. The van der Waals surface area contributed by atoms with E-state index in [1.54, 1.807) is 6.92 Å². The molecule has 1 aromatic carbocycles. The summed E-state index contributed by atoms with van der Waals surface area (Å²) in [5.41, 5.74) is -1.17. The van der Waals surface area contributed by atoms with E-state index in [1.165, 1.54) is 6.07 Å². The van der Waals surface area contributed by atoms with Gasteiger partial charge in [0.1, 0.15) is 0 Å². The van der Waals surface area contributed by atoms with Crippen molar-refractivity contribution in [1.29, 1.82) is 0 Å². The van der Waals surface area contributed by atoms with Gasteiger partial charge in [-0.25, -0.2) is 13.1 Å². The topological polar surface area (TPSA) is 46.2 Å². The molecule has 0 saturated carbocycles. The van der Waals surface area contributed by atoms with Crippen LogP contribution in [0.25, 0.3) is 0 Å². The van der Waals surface area contributed by atoms with Crippen molar-refractivity contribution in [2.75, 3.05) is 5.88 Å². The molecule has 1 atom stereocenters. The summed E-state index contributed by atoms with van der Waals surface area (Å²) in [7, 11) is -4.24. The minimum Gasteiger partial charge on any atom is -0.208 e. The Morgan fingerprint density at radius 1 is 1.30 bits per heavy atom. The fourth-order valence-electron chi connectivity index (χ4n) is 1.70. The summed E-state index contributed by atoms with van der Waals surface area (Å²) in [6.45, 7) is 1.73. The van der Waals surface area contributed by atoms with Gasteiger partial charge in [-0.2, -0.15) is 13.2 Å². The molecule has 1 unspecified atom stereocenters. The molecule has 0 aromatic heterocycles. The SMILES string of the molecule is CCC(CCCl)NS(=O)(=O)c1ccccc1C(F)(F)F. The van der Waals surface area contributed by atoms with E-state index in [9.17, 15) is 21.6 Å². The highest BCUT2D eigenvalue weighted by Crippen LogP contribution is 2.34. The highest BCUT2D eigenvalue weighted by Gasteiger charge is 2.37. The van der Waals surface area contributed by atoms with E-state index in [4.69, 9.17) is 11.6 Å². The minimum atomic E-state index is -4.72. The molecule has 0 aliphatic carbocycles. The molecule has 20 heavy (non-hydrogen) atoms.